The number of carbonyl (C=O) groups is 1. The molecule has 0 atom stereocenters. The summed E-state index contributed by atoms with van der Waals surface area (Å²) >= 11 is 7.86. The molecule has 18 heavy (non-hydrogen) atoms. The molecule has 2 heterocycles. The summed E-state index contributed by atoms with van der Waals surface area (Å²) in [5.41, 5.74) is 1.10. The Bertz CT molecular complexity index is 599. The van der Waals surface area contributed by atoms with Crippen molar-refractivity contribution in [3.05, 3.63) is 34.2 Å². The van der Waals surface area contributed by atoms with Crippen LogP contribution < -0.4 is 10.7 Å². The zero-order chi connectivity index (χ0) is 12.9. The number of nitrogens with two attached hydrogens (primary N) is 1. The molecule has 92 valence electrons. The maximum atomic E-state index is 12.0. The minimum atomic E-state index is -0.229. The molecule has 1 fully saturated rings. The molecule has 0 spiro atoms. The lowest BCUT2D eigenvalue weighted by Gasteiger charge is -2.14. The maximum Gasteiger partial charge on any atom is 0.283 e. The van der Waals surface area contributed by atoms with E-state index in [2.05, 4.69) is 0 Å². The second-order valence-electron chi connectivity index (χ2n) is 3.81. The van der Waals surface area contributed by atoms with Crippen LogP contribution in [0.3, 0.4) is 0 Å². The number of thiocarbonyl (C=S) groups is 1. The Morgan fingerprint density at radius 1 is 1.28 bits per heavy atom. The summed E-state index contributed by atoms with van der Waals surface area (Å²) in [5, 5.41) is 1.92. The van der Waals surface area contributed by atoms with Crippen LogP contribution >= 0.6 is 35.7 Å². The minimum absolute atomic E-state index is 0.229. The maximum absolute atomic E-state index is 12.0. The SMILES string of the molecule is CN1/C(=C2/SC(=S)N(N)C2=O)Sc2ccccc21. The smallest absolute Gasteiger partial charge is 0.283 e. The van der Waals surface area contributed by atoms with E-state index < -0.39 is 0 Å². The number of para-hydroxylation sites is 1. The number of fused-ring (bicyclic) bond motifs is 1. The van der Waals surface area contributed by atoms with E-state index in [1.54, 1.807) is 11.8 Å². The first-order valence-corrected chi connectivity index (χ1v) is 7.19. The fourth-order valence-corrected chi connectivity index (χ4v) is 4.24. The third-order valence-corrected chi connectivity index (χ3v) is 5.49. The quantitative estimate of drug-likeness (QED) is 0.342. The third kappa shape index (κ3) is 1.66. The van der Waals surface area contributed by atoms with Gasteiger partial charge in [0.05, 0.1) is 10.7 Å². The molecule has 0 aliphatic carbocycles. The molecular formula is C11H9N3OS3. The van der Waals surface area contributed by atoms with Gasteiger partial charge < -0.3 is 4.90 Å². The highest BCUT2D eigenvalue weighted by atomic mass is 32.2. The highest BCUT2D eigenvalue weighted by Crippen LogP contribution is 2.49. The lowest BCUT2D eigenvalue weighted by Crippen LogP contribution is -2.35. The van der Waals surface area contributed by atoms with Gasteiger partial charge in [-0.2, -0.15) is 0 Å². The summed E-state index contributed by atoms with van der Waals surface area (Å²) in [6, 6.07) is 8.02. The number of carbonyl (C=O) groups excluding carboxylic acids is 1. The van der Waals surface area contributed by atoms with Gasteiger partial charge in [0, 0.05) is 11.9 Å². The van der Waals surface area contributed by atoms with Gasteiger partial charge in [0.25, 0.3) is 5.91 Å². The van der Waals surface area contributed by atoms with E-state index in [0.29, 0.717) is 9.23 Å². The number of anilines is 1. The first-order chi connectivity index (χ1) is 8.59. The van der Waals surface area contributed by atoms with Crippen LogP contribution in [0.25, 0.3) is 0 Å². The van der Waals surface area contributed by atoms with Crippen molar-refractivity contribution in [2.45, 2.75) is 4.90 Å². The number of benzene rings is 1. The van der Waals surface area contributed by atoms with Crippen molar-refractivity contribution in [2.24, 2.45) is 5.84 Å². The van der Waals surface area contributed by atoms with Crippen LogP contribution in [0.1, 0.15) is 0 Å². The lowest BCUT2D eigenvalue weighted by atomic mass is 10.3. The van der Waals surface area contributed by atoms with Crippen LogP contribution in [0.5, 0.6) is 0 Å². The molecule has 7 heteroatoms. The van der Waals surface area contributed by atoms with Gasteiger partial charge in [-0.05, 0) is 12.1 Å². The van der Waals surface area contributed by atoms with Crippen LogP contribution in [0.4, 0.5) is 5.69 Å². The summed E-state index contributed by atoms with van der Waals surface area (Å²) in [6.07, 6.45) is 0. The largest absolute Gasteiger partial charge is 0.337 e. The van der Waals surface area contributed by atoms with Gasteiger partial charge in [-0.25, -0.2) is 10.9 Å². The summed E-state index contributed by atoms with van der Waals surface area (Å²) in [5.74, 6) is 5.36. The fourth-order valence-electron chi connectivity index (χ4n) is 1.81. The second kappa shape index (κ2) is 4.27. The highest BCUT2D eigenvalue weighted by Gasteiger charge is 2.36. The minimum Gasteiger partial charge on any atom is -0.337 e. The van der Waals surface area contributed by atoms with Crippen LogP contribution in [0, 0.1) is 0 Å². The van der Waals surface area contributed by atoms with Crippen molar-refractivity contribution in [3.8, 4) is 0 Å². The summed E-state index contributed by atoms with van der Waals surface area (Å²) < 4.78 is 0.396. The van der Waals surface area contributed by atoms with Crippen molar-refractivity contribution < 1.29 is 4.79 Å². The van der Waals surface area contributed by atoms with E-state index in [1.165, 1.54) is 11.8 Å². The average molecular weight is 295 g/mol. The molecule has 1 aromatic rings. The van der Waals surface area contributed by atoms with Crippen molar-refractivity contribution in [1.29, 1.82) is 0 Å². The summed E-state index contributed by atoms with van der Waals surface area (Å²) in [7, 11) is 1.94. The van der Waals surface area contributed by atoms with Crippen LogP contribution in [0.2, 0.25) is 0 Å². The van der Waals surface area contributed by atoms with E-state index in [9.17, 15) is 4.79 Å². The van der Waals surface area contributed by atoms with Crippen LogP contribution in [-0.4, -0.2) is 22.3 Å². The Morgan fingerprint density at radius 2 is 2.00 bits per heavy atom. The molecule has 1 amide bonds. The first kappa shape index (κ1) is 12.0. The van der Waals surface area contributed by atoms with E-state index in [0.717, 1.165) is 20.6 Å². The van der Waals surface area contributed by atoms with Gasteiger partial charge in [0.1, 0.15) is 4.91 Å². The number of hydrazine groups is 1. The Hall–Kier alpha value is -1.02. The molecule has 4 nitrogen and oxygen atoms in total. The van der Waals surface area contributed by atoms with E-state index in [1.807, 2.05) is 36.2 Å². The Labute approximate surface area is 118 Å². The third-order valence-electron chi connectivity index (χ3n) is 2.73. The normalized spacial score (nSPS) is 23.0. The number of hydrogen-bond acceptors (Lipinski definition) is 6. The van der Waals surface area contributed by atoms with Crippen LogP contribution in [0.15, 0.2) is 39.1 Å². The average Bonchev–Trinajstić information content (AvgIpc) is 2.83. The van der Waals surface area contributed by atoms with Gasteiger partial charge in [-0.15, -0.1) is 0 Å². The van der Waals surface area contributed by atoms with Crippen molar-refractivity contribution in [3.63, 3.8) is 0 Å². The summed E-state index contributed by atoms with van der Waals surface area (Å²) in [6.45, 7) is 0. The molecule has 2 aliphatic rings. The predicted molar refractivity (Wildman–Crippen MR) is 79.0 cm³/mol. The fraction of sp³-hybridized carbons (Fsp3) is 0.0909. The Balaban J connectivity index is 2.07. The Morgan fingerprint density at radius 3 is 2.61 bits per heavy atom. The van der Waals surface area contributed by atoms with Gasteiger partial charge in [-0.1, -0.05) is 47.9 Å². The molecule has 1 saturated heterocycles. The molecule has 0 bridgehead atoms. The molecule has 2 N–H and O–H groups in total. The Kier molecular flexibility index (Phi) is 2.86. The molecule has 3 rings (SSSR count). The van der Waals surface area contributed by atoms with Gasteiger partial charge in [0.15, 0.2) is 4.32 Å². The zero-order valence-corrected chi connectivity index (χ0v) is 11.9. The van der Waals surface area contributed by atoms with E-state index >= 15 is 0 Å². The topological polar surface area (TPSA) is 49.6 Å². The molecule has 1 aromatic carbocycles. The lowest BCUT2D eigenvalue weighted by molar-refractivity contribution is -0.122. The monoisotopic (exact) mass is 295 g/mol. The second-order valence-corrected chi connectivity index (χ2v) is 6.48. The van der Waals surface area contributed by atoms with Crippen LogP contribution in [-0.2, 0) is 4.79 Å². The zero-order valence-electron chi connectivity index (χ0n) is 9.41. The van der Waals surface area contributed by atoms with E-state index in [4.69, 9.17) is 18.1 Å². The molecule has 0 aromatic heterocycles. The number of nitrogens with zero attached hydrogens (tertiary/aromatic N) is 2. The van der Waals surface area contributed by atoms with Gasteiger partial charge in [0.2, 0.25) is 0 Å². The molecule has 2 aliphatic heterocycles. The number of hydrogen-bond donors (Lipinski definition) is 1. The number of amides is 1. The molecular weight excluding hydrogens is 286 g/mol. The first-order valence-electron chi connectivity index (χ1n) is 5.15. The van der Waals surface area contributed by atoms with Gasteiger partial charge >= 0.3 is 0 Å². The number of thioether (sulfide) groups is 2. The van der Waals surface area contributed by atoms with Gasteiger partial charge in [-0.3, -0.25) is 4.79 Å². The van der Waals surface area contributed by atoms with Crippen molar-refractivity contribution in [1.82, 2.24) is 5.01 Å². The standard InChI is InChI=1S/C11H9N3OS3/c1-13-6-4-2-3-5-7(6)17-10(13)8-9(15)14(12)11(16)18-8/h2-5H,12H2,1H3/b10-8-. The number of rotatable bonds is 0. The van der Waals surface area contributed by atoms with Crippen molar-refractivity contribution in [2.75, 3.05) is 11.9 Å². The molecule has 0 saturated carbocycles. The van der Waals surface area contributed by atoms with Crippen molar-refractivity contribution >= 4 is 51.7 Å². The summed E-state index contributed by atoms with van der Waals surface area (Å²) in [4.78, 5) is 15.7. The molecule has 0 unspecified atom stereocenters. The van der Waals surface area contributed by atoms with E-state index in [-0.39, 0.29) is 5.91 Å². The predicted octanol–water partition coefficient (Wildman–Crippen LogP) is 2.13. The molecule has 0 radical (unpaired) electrons. The highest BCUT2D eigenvalue weighted by molar-refractivity contribution is 8.27.